The average Bonchev–Trinajstić information content (AvgIpc) is 2.29. The van der Waals surface area contributed by atoms with Crippen molar-refractivity contribution in [3.05, 3.63) is 29.6 Å². The van der Waals surface area contributed by atoms with E-state index >= 15 is 0 Å². The Bertz CT molecular complexity index is 405. The van der Waals surface area contributed by atoms with Crippen LogP contribution in [0.25, 0.3) is 0 Å². The third kappa shape index (κ3) is 5.27. The Morgan fingerprint density at radius 3 is 2.72 bits per heavy atom. The van der Waals surface area contributed by atoms with Crippen molar-refractivity contribution in [1.82, 2.24) is 5.32 Å². The molecule has 1 aromatic rings. The van der Waals surface area contributed by atoms with E-state index in [1.165, 1.54) is 6.07 Å². The van der Waals surface area contributed by atoms with E-state index in [0.29, 0.717) is 23.7 Å². The van der Waals surface area contributed by atoms with Crippen molar-refractivity contribution in [2.75, 3.05) is 11.9 Å². The molecule has 100 valence electrons. The van der Waals surface area contributed by atoms with Crippen molar-refractivity contribution in [3.8, 4) is 0 Å². The molecule has 0 heterocycles. The maximum absolute atomic E-state index is 13.3. The van der Waals surface area contributed by atoms with Gasteiger partial charge in [0.25, 0.3) is 0 Å². The lowest BCUT2D eigenvalue weighted by Crippen LogP contribution is -2.24. The van der Waals surface area contributed by atoms with Crippen LogP contribution in [0.5, 0.6) is 0 Å². The number of halogens is 1. The fraction of sp³-hybridized carbons (Fsp3) is 0.500. The summed E-state index contributed by atoms with van der Waals surface area (Å²) in [5, 5.41) is 5.93. The Labute approximate surface area is 108 Å². The molecule has 2 N–H and O–H groups in total. The molecule has 0 radical (unpaired) electrons. The van der Waals surface area contributed by atoms with Crippen molar-refractivity contribution in [1.29, 1.82) is 0 Å². The number of carbonyl (C=O) groups excluding carboxylic acids is 1. The number of hydrogen-bond donors (Lipinski definition) is 2. The summed E-state index contributed by atoms with van der Waals surface area (Å²) >= 11 is 0. The van der Waals surface area contributed by atoms with Crippen molar-refractivity contribution in [3.63, 3.8) is 0 Å². The van der Waals surface area contributed by atoms with Gasteiger partial charge in [-0.3, -0.25) is 4.79 Å². The molecule has 0 aromatic heterocycles. The zero-order chi connectivity index (χ0) is 13.5. The number of anilines is 1. The standard InChI is InChI=1S/C14H21FN2O/c1-10(2)16-8-4-5-14(18)17-12-7-6-11(3)13(15)9-12/h6-7,9-10,16H,4-5,8H2,1-3H3,(H,17,18). The first-order chi connectivity index (χ1) is 8.49. The molecule has 0 aliphatic rings. The third-order valence-electron chi connectivity index (χ3n) is 2.59. The van der Waals surface area contributed by atoms with E-state index in [9.17, 15) is 9.18 Å². The molecule has 18 heavy (non-hydrogen) atoms. The molecule has 1 aromatic carbocycles. The molecule has 0 aliphatic heterocycles. The van der Waals surface area contributed by atoms with E-state index in [-0.39, 0.29) is 11.7 Å². The maximum atomic E-state index is 13.3. The maximum Gasteiger partial charge on any atom is 0.224 e. The summed E-state index contributed by atoms with van der Waals surface area (Å²) in [6.07, 6.45) is 1.22. The van der Waals surface area contributed by atoms with Gasteiger partial charge in [0.1, 0.15) is 5.82 Å². The van der Waals surface area contributed by atoms with Crippen molar-refractivity contribution in [2.24, 2.45) is 0 Å². The van der Waals surface area contributed by atoms with Crippen molar-refractivity contribution < 1.29 is 9.18 Å². The van der Waals surface area contributed by atoms with E-state index in [0.717, 1.165) is 13.0 Å². The molecular weight excluding hydrogens is 231 g/mol. The van der Waals surface area contributed by atoms with Crippen LogP contribution in [0.4, 0.5) is 10.1 Å². The molecule has 0 bridgehead atoms. The van der Waals surface area contributed by atoms with Crippen molar-refractivity contribution in [2.45, 2.75) is 39.7 Å². The van der Waals surface area contributed by atoms with E-state index in [1.54, 1.807) is 19.1 Å². The highest BCUT2D eigenvalue weighted by Crippen LogP contribution is 2.13. The van der Waals surface area contributed by atoms with E-state index in [4.69, 9.17) is 0 Å². The minimum atomic E-state index is -0.297. The van der Waals surface area contributed by atoms with Gasteiger partial charge in [0.05, 0.1) is 0 Å². The number of rotatable bonds is 6. The molecule has 3 nitrogen and oxygen atoms in total. The van der Waals surface area contributed by atoms with Gasteiger partial charge in [-0.25, -0.2) is 4.39 Å². The topological polar surface area (TPSA) is 41.1 Å². The molecule has 0 saturated heterocycles. The molecule has 0 spiro atoms. The fourth-order valence-corrected chi connectivity index (χ4v) is 1.53. The fourth-order valence-electron chi connectivity index (χ4n) is 1.53. The highest BCUT2D eigenvalue weighted by atomic mass is 19.1. The molecule has 0 fully saturated rings. The van der Waals surface area contributed by atoms with Crippen LogP contribution >= 0.6 is 0 Å². The lowest BCUT2D eigenvalue weighted by atomic mass is 10.2. The number of aryl methyl sites for hydroxylation is 1. The number of amides is 1. The minimum Gasteiger partial charge on any atom is -0.326 e. The molecular formula is C14H21FN2O. The van der Waals surface area contributed by atoms with Gasteiger partial charge < -0.3 is 10.6 Å². The van der Waals surface area contributed by atoms with Gasteiger partial charge >= 0.3 is 0 Å². The molecule has 1 amide bonds. The number of benzene rings is 1. The Kier molecular flexibility index (Phi) is 5.78. The predicted octanol–water partition coefficient (Wildman–Crippen LogP) is 2.85. The Morgan fingerprint density at radius 1 is 1.39 bits per heavy atom. The van der Waals surface area contributed by atoms with Crippen LogP contribution in [-0.2, 0) is 4.79 Å². The Morgan fingerprint density at radius 2 is 2.11 bits per heavy atom. The summed E-state index contributed by atoms with van der Waals surface area (Å²) < 4.78 is 13.3. The summed E-state index contributed by atoms with van der Waals surface area (Å²) in [5.41, 5.74) is 1.09. The van der Waals surface area contributed by atoms with Crippen LogP contribution in [0.15, 0.2) is 18.2 Å². The van der Waals surface area contributed by atoms with Crippen LogP contribution in [-0.4, -0.2) is 18.5 Å². The predicted molar refractivity (Wildman–Crippen MR) is 72.1 cm³/mol. The quantitative estimate of drug-likeness (QED) is 0.764. The highest BCUT2D eigenvalue weighted by Gasteiger charge is 2.04. The van der Waals surface area contributed by atoms with Crippen molar-refractivity contribution >= 4 is 11.6 Å². The zero-order valence-corrected chi connectivity index (χ0v) is 11.2. The number of nitrogens with one attached hydrogen (secondary N) is 2. The third-order valence-corrected chi connectivity index (χ3v) is 2.59. The van der Waals surface area contributed by atoms with Gasteiger partial charge in [-0.05, 0) is 37.6 Å². The van der Waals surface area contributed by atoms with Crippen LogP contribution in [0.3, 0.4) is 0 Å². The first-order valence-corrected chi connectivity index (χ1v) is 6.28. The van der Waals surface area contributed by atoms with Gasteiger partial charge in [0, 0.05) is 18.2 Å². The van der Waals surface area contributed by atoms with Gasteiger partial charge in [0.15, 0.2) is 0 Å². The minimum absolute atomic E-state index is 0.0798. The Balaban J connectivity index is 2.33. The normalized spacial score (nSPS) is 10.7. The van der Waals surface area contributed by atoms with Crippen LogP contribution in [0.2, 0.25) is 0 Å². The summed E-state index contributed by atoms with van der Waals surface area (Å²) in [7, 11) is 0. The lowest BCUT2D eigenvalue weighted by molar-refractivity contribution is -0.116. The summed E-state index contributed by atoms with van der Waals surface area (Å²) in [6.45, 7) is 6.64. The van der Waals surface area contributed by atoms with E-state index in [2.05, 4.69) is 24.5 Å². The largest absolute Gasteiger partial charge is 0.326 e. The highest BCUT2D eigenvalue weighted by molar-refractivity contribution is 5.90. The van der Waals surface area contributed by atoms with Gasteiger partial charge in [-0.2, -0.15) is 0 Å². The zero-order valence-electron chi connectivity index (χ0n) is 11.2. The van der Waals surface area contributed by atoms with Gasteiger partial charge in [-0.1, -0.05) is 19.9 Å². The smallest absolute Gasteiger partial charge is 0.224 e. The molecule has 0 aliphatic carbocycles. The molecule has 1 rings (SSSR count). The van der Waals surface area contributed by atoms with E-state index in [1.807, 2.05) is 0 Å². The second-order valence-corrected chi connectivity index (χ2v) is 4.72. The van der Waals surface area contributed by atoms with Gasteiger partial charge in [-0.15, -0.1) is 0 Å². The average molecular weight is 252 g/mol. The summed E-state index contributed by atoms with van der Waals surface area (Å²) in [5.74, 6) is -0.377. The number of carbonyl (C=O) groups is 1. The summed E-state index contributed by atoms with van der Waals surface area (Å²) in [4.78, 5) is 11.6. The second-order valence-electron chi connectivity index (χ2n) is 4.72. The lowest BCUT2D eigenvalue weighted by Gasteiger charge is -2.08. The van der Waals surface area contributed by atoms with Gasteiger partial charge in [0.2, 0.25) is 5.91 Å². The molecule has 0 atom stereocenters. The molecule has 4 heteroatoms. The first kappa shape index (κ1) is 14.6. The van der Waals surface area contributed by atoms with E-state index < -0.39 is 0 Å². The second kappa shape index (κ2) is 7.11. The monoisotopic (exact) mass is 252 g/mol. The van der Waals surface area contributed by atoms with Crippen LogP contribution in [0.1, 0.15) is 32.3 Å². The van der Waals surface area contributed by atoms with Crippen LogP contribution in [0, 0.1) is 12.7 Å². The number of hydrogen-bond acceptors (Lipinski definition) is 2. The first-order valence-electron chi connectivity index (χ1n) is 6.28. The Hall–Kier alpha value is -1.42. The van der Waals surface area contributed by atoms with Crippen LogP contribution < -0.4 is 10.6 Å². The summed E-state index contributed by atoms with van der Waals surface area (Å²) in [6, 6.07) is 5.15. The SMILES string of the molecule is Cc1ccc(NC(=O)CCCNC(C)C)cc1F. The molecule has 0 unspecified atom stereocenters. The molecule has 0 saturated carbocycles.